The zero-order chi connectivity index (χ0) is 16.2. The molecule has 0 aliphatic carbocycles. The first-order valence-corrected chi connectivity index (χ1v) is 7.99. The Balaban J connectivity index is 1.91. The minimum Gasteiger partial charge on any atom is -0.355 e. The van der Waals surface area contributed by atoms with Crippen molar-refractivity contribution in [2.45, 2.75) is 39.0 Å². The summed E-state index contributed by atoms with van der Waals surface area (Å²) in [6.45, 7) is 7.75. The lowest BCUT2D eigenvalue weighted by molar-refractivity contribution is -0.134. The first-order valence-electron chi connectivity index (χ1n) is 7.99. The molecule has 0 radical (unpaired) electrons. The molecule has 4 heteroatoms. The molecule has 0 bridgehead atoms. The van der Waals surface area contributed by atoms with E-state index in [9.17, 15) is 9.59 Å². The van der Waals surface area contributed by atoms with Crippen LogP contribution in [0, 0.1) is 5.92 Å². The standard InChI is InChI=1S/C18H26N2O2/c1-14(21)20-11-7-8-15(12-20)17(22)19-13-18(2,3)16-9-5-4-6-10-16/h4-6,9-10,15H,7-8,11-13H2,1-3H3,(H,19,22). The van der Waals surface area contributed by atoms with Crippen LogP contribution in [-0.2, 0) is 15.0 Å². The van der Waals surface area contributed by atoms with Crippen molar-refractivity contribution in [1.29, 1.82) is 0 Å². The topological polar surface area (TPSA) is 49.4 Å². The molecular formula is C18H26N2O2. The van der Waals surface area contributed by atoms with Crippen molar-refractivity contribution in [1.82, 2.24) is 10.2 Å². The van der Waals surface area contributed by atoms with Crippen molar-refractivity contribution in [2.24, 2.45) is 5.92 Å². The van der Waals surface area contributed by atoms with E-state index in [2.05, 4.69) is 31.3 Å². The van der Waals surface area contributed by atoms with Crippen molar-refractivity contribution >= 4 is 11.8 Å². The van der Waals surface area contributed by atoms with Crippen molar-refractivity contribution in [2.75, 3.05) is 19.6 Å². The van der Waals surface area contributed by atoms with Crippen LogP contribution < -0.4 is 5.32 Å². The number of rotatable bonds is 4. The predicted octanol–water partition coefficient (Wildman–Crippen LogP) is 2.34. The van der Waals surface area contributed by atoms with Crippen LogP contribution in [0.4, 0.5) is 0 Å². The Morgan fingerprint density at radius 2 is 1.95 bits per heavy atom. The Bertz CT molecular complexity index is 525. The van der Waals surface area contributed by atoms with E-state index in [1.54, 1.807) is 11.8 Å². The van der Waals surface area contributed by atoms with Gasteiger partial charge in [-0.25, -0.2) is 0 Å². The van der Waals surface area contributed by atoms with Crippen LogP contribution in [0.25, 0.3) is 0 Å². The van der Waals surface area contributed by atoms with E-state index < -0.39 is 0 Å². The molecule has 2 rings (SSSR count). The van der Waals surface area contributed by atoms with E-state index >= 15 is 0 Å². The van der Waals surface area contributed by atoms with Gasteiger partial charge in [0.15, 0.2) is 0 Å². The summed E-state index contributed by atoms with van der Waals surface area (Å²) in [6, 6.07) is 10.2. The molecule has 0 aromatic heterocycles. The van der Waals surface area contributed by atoms with Crippen LogP contribution >= 0.6 is 0 Å². The number of nitrogens with one attached hydrogen (secondary N) is 1. The van der Waals surface area contributed by atoms with E-state index in [1.165, 1.54) is 5.56 Å². The van der Waals surface area contributed by atoms with Gasteiger partial charge in [-0.3, -0.25) is 9.59 Å². The van der Waals surface area contributed by atoms with Crippen LogP contribution in [-0.4, -0.2) is 36.3 Å². The summed E-state index contributed by atoms with van der Waals surface area (Å²) in [7, 11) is 0. The second-order valence-electron chi connectivity index (χ2n) is 6.77. The Morgan fingerprint density at radius 1 is 1.27 bits per heavy atom. The Labute approximate surface area is 132 Å². The average Bonchev–Trinajstić information content (AvgIpc) is 2.53. The van der Waals surface area contributed by atoms with Gasteiger partial charge in [0.1, 0.15) is 0 Å². The van der Waals surface area contributed by atoms with E-state index in [4.69, 9.17) is 0 Å². The Kier molecular flexibility index (Phi) is 5.22. The third kappa shape index (κ3) is 4.09. The lowest BCUT2D eigenvalue weighted by atomic mass is 9.84. The summed E-state index contributed by atoms with van der Waals surface area (Å²) in [6.07, 6.45) is 1.77. The van der Waals surface area contributed by atoms with Gasteiger partial charge in [-0.1, -0.05) is 44.2 Å². The first-order chi connectivity index (χ1) is 10.4. The fraction of sp³-hybridized carbons (Fsp3) is 0.556. The number of likely N-dealkylation sites (tertiary alicyclic amines) is 1. The maximum Gasteiger partial charge on any atom is 0.224 e. The largest absolute Gasteiger partial charge is 0.355 e. The zero-order valence-corrected chi connectivity index (χ0v) is 13.8. The second kappa shape index (κ2) is 6.95. The smallest absolute Gasteiger partial charge is 0.224 e. The highest BCUT2D eigenvalue weighted by atomic mass is 16.2. The number of piperidine rings is 1. The summed E-state index contributed by atoms with van der Waals surface area (Å²) in [4.78, 5) is 25.6. The molecule has 1 unspecified atom stereocenters. The molecule has 2 amide bonds. The molecule has 1 fully saturated rings. The van der Waals surface area contributed by atoms with E-state index in [0.29, 0.717) is 13.1 Å². The molecule has 1 aliphatic heterocycles. The van der Waals surface area contributed by atoms with Gasteiger partial charge in [0.2, 0.25) is 11.8 Å². The summed E-state index contributed by atoms with van der Waals surface area (Å²) in [5.41, 5.74) is 1.11. The summed E-state index contributed by atoms with van der Waals surface area (Å²) < 4.78 is 0. The van der Waals surface area contributed by atoms with Crippen LogP contribution in [0.15, 0.2) is 30.3 Å². The van der Waals surface area contributed by atoms with Crippen LogP contribution in [0.2, 0.25) is 0 Å². The van der Waals surface area contributed by atoms with Gasteiger partial charge in [-0.05, 0) is 18.4 Å². The third-order valence-electron chi connectivity index (χ3n) is 4.50. The maximum absolute atomic E-state index is 12.4. The van der Waals surface area contributed by atoms with Crippen LogP contribution in [0.3, 0.4) is 0 Å². The summed E-state index contributed by atoms with van der Waals surface area (Å²) in [5, 5.41) is 3.07. The van der Waals surface area contributed by atoms with Gasteiger partial charge in [0.05, 0.1) is 5.92 Å². The lowest BCUT2D eigenvalue weighted by Gasteiger charge is -2.32. The van der Waals surface area contributed by atoms with Gasteiger partial charge in [0.25, 0.3) is 0 Å². The number of carbonyl (C=O) groups is 2. The molecule has 120 valence electrons. The molecule has 1 N–H and O–H groups in total. The highest BCUT2D eigenvalue weighted by Crippen LogP contribution is 2.22. The number of carbonyl (C=O) groups excluding carboxylic acids is 2. The number of nitrogens with zero attached hydrogens (tertiary/aromatic N) is 1. The molecule has 1 aliphatic rings. The Morgan fingerprint density at radius 3 is 2.59 bits per heavy atom. The van der Waals surface area contributed by atoms with Crippen LogP contribution in [0.5, 0.6) is 0 Å². The maximum atomic E-state index is 12.4. The molecule has 1 atom stereocenters. The van der Waals surface area contributed by atoms with Gasteiger partial charge in [-0.15, -0.1) is 0 Å². The highest BCUT2D eigenvalue weighted by molar-refractivity contribution is 5.80. The molecule has 22 heavy (non-hydrogen) atoms. The lowest BCUT2D eigenvalue weighted by Crippen LogP contribution is -2.46. The number of amides is 2. The van der Waals surface area contributed by atoms with Gasteiger partial charge < -0.3 is 10.2 Å². The van der Waals surface area contributed by atoms with Crippen molar-refractivity contribution in [3.63, 3.8) is 0 Å². The minimum atomic E-state index is -0.105. The molecule has 1 saturated heterocycles. The molecule has 1 aromatic carbocycles. The third-order valence-corrected chi connectivity index (χ3v) is 4.50. The van der Waals surface area contributed by atoms with E-state index in [1.807, 2.05) is 18.2 Å². The minimum absolute atomic E-state index is 0.0575. The number of hydrogen-bond donors (Lipinski definition) is 1. The Hall–Kier alpha value is -1.84. The first kappa shape index (κ1) is 16.5. The number of hydrogen-bond acceptors (Lipinski definition) is 2. The van der Waals surface area contributed by atoms with Crippen LogP contribution in [0.1, 0.15) is 39.2 Å². The summed E-state index contributed by atoms with van der Waals surface area (Å²) in [5.74, 6) is 0.0429. The van der Waals surface area contributed by atoms with Crippen molar-refractivity contribution < 1.29 is 9.59 Å². The number of benzene rings is 1. The monoisotopic (exact) mass is 302 g/mol. The molecule has 0 spiro atoms. The SMILES string of the molecule is CC(=O)N1CCCC(C(=O)NCC(C)(C)c2ccccc2)C1. The second-order valence-corrected chi connectivity index (χ2v) is 6.77. The van der Waals surface area contributed by atoms with E-state index in [-0.39, 0.29) is 23.1 Å². The van der Waals surface area contributed by atoms with Crippen molar-refractivity contribution in [3.8, 4) is 0 Å². The van der Waals surface area contributed by atoms with E-state index in [0.717, 1.165) is 19.4 Å². The normalized spacial score (nSPS) is 18.9. The molecule has 4 nitrogen and oxygen atoms in total. The fourth-order valence-electron chi connectivity index (χ4n) is 2.92. The predicted molar refractivity (Wildman–Crippen MR) is 87.5 cm³/mol. The molecule has 0 saturated carbocycles. The quantitative estimate of drug-likeness (QED) is 0.928. The highest BCUT2D eigenvalue weighted by Gasteiger charge is 2.28. The summed E-state index contributed by atoms with van der Waals surface area (Å²) >= 11 is 0. The molecule has 1 heterocycles. The fourth-order valence-corrected chi connectivity index (χ4v) is 2.92. The molecule has 1 aromatic rings. The molecular weight excluding hydrogens is 276 g/mol. The average molecular weight is 302 g/mol. The van der Waals surface area contributed by atoms with Crippen molar-refractivity contribution in [3.05, 3.63) is 35.9 Å². The van der Waals surface area contributed by atoms with Gasteiger partial charge in [-0.2, -0.15) is 0 Å². The van der Waals surface area contributed by atoms with Gasteiger partial charge >= 0.3 is 0 Å². The zero-order valence-electron chi connectivity index (χ0n) is 13.8. The van der Waals surface area contributed by atoms with Gasteiger partial charge in [0, 0.05) is 32.0 Å².